The Bertz CT molecular complexity index is 495. The summed E-state index contributed by atoms with van der Waals surface area (Å²) < 4.78 is 5.10. The molecule has 6 nitrogen and oxygen atoms in total. The zero-order chi connectivity index (χ0) is 16.8. The van der Waals surface area contributed by atoms with Gasteiger partial charge in [-0.2, -0.15) is 0 Å². The predicted octanol–water partition coefficient (Wildman–Crippen LogP) is 1.82. The molecule has 1 aromatic rings. The number of nitrogens with one attached hydrogen (secondary N) is 1. The highest BCUT2D eigenvalue weighted by molar-refractivity contribution is 5.73. The maximum Gasteiger partial charge on any atom is 0.407 e. The number of hydrogen-bond acceptors (Lipinski definition) is 4. The summed E-state index contributed by atoms with van der Waals surface area (Å²) in [6, 6.07) is 9.21. The van der Waals surface area contributed by atoms with E-state index >= 15 is 0 Å². The first-order valence-corrected chi connectivity index (χ1v) is 7.10. The number of ether oxygens (including phenoxy) is 1. The van der Waals surface area contributed by atoms with Crippen molar-refractivity contribution < 1.29 is 24.5 Å². The number of aliphatic hydroxyl groups excluding tert-OH is 1. The molecule has 1 amide bonds. The van der Waals surface area contributed by atoms with E-state index in [0.717, 1.165) is 5.56 Å². The number of aliphatic carboxylic acids is 1. The first kappa shape index (κ1) is 18.0. The molecular formula is C16H23NO5. The molecule has 1 rings (SSSR count). The number of carbonyl (C=O) groups excluding carboxylic acids is 1. The molecule has 6 heteroatoms. The molecule has 3 N–H and O–H groups in total. The molecule has 0 fully saturated rings. The lowest BCUT2D eigenvalue weighted by atomic mass is 9.94. The van der Waals surface area contributed by atoms with Gasteiger partial charge >= 0.3 is 12.1 Å². The normalized spacial score (nSPS) is 14.0. The number of amides is 1. The second-order valence-corrected chi connectivity index (χ2v) is 6.12. The number of carboxylic acid groups (broad SMARTS) is 1. The molecule has 0 spiro atoms. The molecule has 0 aliphatic carbocycles. The molecular weight excluding hydrogens is 286 g/mol. The maximum atomic E-state index is 11.6. The van der Waals surface area contributed by atoms with Crippen LogP contribution in [0.5, 0.6) is 0 Å². The molecule has 0 aliphatic rings. The number of carboxylic acids is 1. The average molecular weight is 309 g/mol. The zero-order valence-corrected chi connectivity index (χ0v) is 13.1. The van der Waals surface area contributed by atoms with Crippen LogP contribution < -0.4 is 5.32 Å². The number of carbonyl (C=O) groups is 2. The third kappa shape index (κ3) is 6.58. The van der Waals surface area contributed by atoms with Crippen molar-refractivity contribution in [1.29, 1.82) is 0 Å². The van der Waals surface area contributed by atoms with Crippen molar-refractivity contribution in [3.63, 3.8) is 0 Å². The summed E-state index contributed by atoms with van der Waals surface area (Å²) in [5, 5.41) is 21.3. The molecule has 0 aliphatic heterocycles. The largest absolute Gasteiger partial charge is 0.479 e. The summed E-state index contributed by atoms with van der Waals surface area (Å²) in [6.07, 6.45) is -1.86. The summed E-state index contributed by atoms with van der Waals surface area (Å²) in [6.45, 7) is 5.22. The van der Waals surface area contributed by atoms with Gasteiger partial charge < -0.3 is 20.3 Å². The molecule has 0 aromatic heterocycles. The van der Waals surface area contributed by atoms with Gasteiger partial charge in [0.1, 0.15) is 5.60 Å². The Labute approximate surface area is 130 Å². The van der Waals surface area contributed by atoms with E-state index in [1.165, 1.54) is 0 Å². The van der Waals surface area contributed by atoms with Crippen LogP contribution in [0.2, 0.25) is 0 Å². The molecule has 0 heterocycles. The van der Waals surface area contributed by atoms with Gasteiger partial charge in [-0.05, 0) is 32.8 Å². The van der Waals surface area contributed by atoms with E-state index in [2.05, 4.69) is 5.32 Å². The Hall–Kier alpha value is -2.08. The molecule has 1 aromatic carbocycles. The lowest BCUT2D eigenvalue weighted by Gasteiger charge is -2.23. The highest BCUT2D eigenvalue weighted by Gasteiger charge is 2.27. The number of hydrogen-bond donors (Lipinski definition) is 3. The van der Waals surface area contributed by atoms with E-state index in [0.29, 0.717) is 6.42 Å². The Balaban J connectivity index is 2.67. The van der Waals surface area contributed by atoms with Gasteiger partial charge in [-0.1, -0.05) is 30.3 Å². The van der Waals surface area contributed by atoms with Crippen LogP contribution in [0.3, 0.4) is 0 Å². The molecule has 122 valence electrons. The van der Waals surface area contributed by atoms with Crippen molar-refractivity contribution in [2.75, 3.05) is 6.54 Å². The Kier molecular flexibility index (Phi) is 6.37. The molecule has 0 radical (unpaired) electrons. The van der Waals surface area contributed by atoms with Gasteiger partial charge in [0.2, 0.25) is 0 Å². The van der Waals surface area contributed by atoms with Crippen molar-refractivity contribution in [1.82, 2.24) is 5.32 Å². The zero-order valence-electron chi connectivity index (χ0n) is 13.1. The number of rotatable bonds is 6. The van der Waals surface area contributed by atoms with Crippen molar-refractivity contribution in [2.24, 2.45) is 5.92 Å². The molecule has 0 unspecified atom stereocenters. The van der Waals surface area contributed by atoms with Crippen LogP contribution in [-0.4, -0.2) is 40.5 Å². The number of alkyl carbamates (subject to hydrolysis) is 1. The first-order chi connectivity index (χ1) is 10.2. The topological polar surface area (TPSA) is 95.9 Å². The Morgan fingerprint density at radius 1 is 1.23 bits per heavy atom. The smallest absolute Gasteiger partial charge is 0.407 e. The predicted molar refractivity (Wildman–Crippen MR) is 81.5 cm³/mol. The van der Waals surface area contributed by atoms with Gasteiger partial charge in [-0.25, -0.2) is 9.59 Å². The highest BCUT2D eigenvalue weighted by Crippen LogP contribution is 2.13. The van der Waals surface area contributed by atoms with Crippen molar-refractivity contribution in [2.45, 2.75) is 38.9 Å². The third-order valence-corrected chi connectivity index (χ3v) is 2.95. The summed E-state index contributed by atoms with van der Waals surface area (Å²) in [7, 11) is 0. The monoisotopic (exact) mass is 309 g/mol. The van der Waals surface area contributed by atoms with Gasteiger partial charge in [-0.15, -0.1) is 0 Å². The molecule has 22 heavy (non-hydrogen) atoms. The summed E-state index contributed by atoms with van der Waals surface area (Å²) in [5.74, 6) is -1.96. The van der Waals surface area contributed by atoms with E-state index in [9.17, 15) is 14.7 Å². The van der Waals surface area contributed by atoms with Gasteiger partial charge in [0.15, 0.2) is 6.10 Å². The second kappa shape index (κ2) is 7.79. The summed E-state index contributed by atoms with van der Waals surface area (Å²) in [5.41, 5.74) is 0.253. The SMILES string of the molecule is CC(C)(C)OC(=O)NC[C@@H](Cc1ccccc1)[C@H](O)C(=O)O. The molecule has 0 saturated carbocycles. The van der Waals surface area contributed by atoms with E-state index in [1.54, 1.807) is 20.8 Å². The van der Waals surface area contributed by atoms with E-state index in [4.69, 9.17) is 9.84 Å². The third-order valence-electron chi connectivity index (χ3n) is 2.95. The quantitative estimate of drug-likeness (QED) is 0.745. The minimum Gasteiger partial charge on any atom is -0.479 e. The fraction of sp³-hybridized carbons (Fsp3) is 0.500. The van der Waals surface area contributed by atoms with E-state index in [-0.39, 0.29) is 6.54 Å². The van der Waals surface area contributed by atoms with Crippen LogP contribution in [0.1, 0.15) is 26.3 Å². The first-order valence-electron chi connectivity index (χ1n) is 7.10. The van der Waals surface area contributed by atoms with Crippen LogP contribution in [0, 0.1) is 5.92 Å². The molecule has 0 saturated heterocycles. The van der Waals surface area contributed by atoms with Crippen LogP contribution in [0.25, 0.3) is 0 Å². The average Bonchev–Trinajstić information content (AvgIpc) is 2.41. The van der Waals surface area contributed by atoms with Gasteiger partial charge in [-0.3, -0.25) is 0 Å². The van der Waals surface area contributed by atoms with Crippen LogP contribution in [-0.2, 0) is 16.0 Å². The van der Waals surface area contributed by atoms with Gasteiger partial charge in [0.25, 0.3) is 0 Å². The lowest BCUT2D eigenvalue weighted by molar-refractivity contribution is -0.149. The number of aliphatic hydroxyl groups is 1. The van der Waals surface area contributed by atoms with E-state index < -0.39 is 29.7 Å². The second-order valence-electron chi connectivity index (χ2n) is 6.12. The standard InChI is InChI=1S/C16H23NO5/c1-16(2,3)22-15(21)17-10-12(13(18)14(19)20)9-11-7-5-4-6-8-11/h4-8,12-13,18H,9-10H2,1-3H3,(H,17,21)(H,19,20)/t12-,13+/m1/s1. The lowest BCUT2D eigenvalue weighted by Crippen LogP contribution is -2.41. The van der Waals surface area contributed by atoms with Crippen LogP contribution in [0.4, 0.5) is 4.79 Å². The van der Waals surface area contributed by atoms with Crippen molar-refractivity contribution in [3.05, 3.63) is 35.9 Å². The Morgan fingerprint density at radius 3 is 2.32 bits per heavy atom. The maximum absolute atomic E-state index is 11.6. The summed E-state index contributed by atoms with van der Waals surface area (Å²) in [4.78, 5) is 22.7. The van der Waals surface area contributed by atoms with Gasteiger partial charge in [0, 0.05) is 12.5 Å². The molecule has 2 atom stereocenters. The summed E-state index contributed by atoms with van der Waals surface area (Å²) >= 11 is 0. The van der Waals surface area contributed by atoms with Crippen molar-refractivity contribution in [3.8, 4) is 0 Å². The fourth-order valence-corrected chi connectivity index (χ4v) is 1.94. The van der Waals surface area contributed by atoms with Gasteiger partial charge in [0.05, 0.1) is 0 Å². The van der Waals surface area contributed by atoms with E-state index in [1.807, 2.05) is 30.3 Å². The van der Waals surface area contributed by atoms with Crippen LogP contribution in [0.15, 0.2) is 30.3 Å². The highest BCUT2D eigenvalue weighted by atomic mass is 16.6. The number of benzene rings is 1. The van der Waals surface area contributed by atoms with Crippen molar-refractivity contribution >= 4 is 12.1 Å². The minimum absolute atomic E-state index is 0.0112. The van der Waals surface area contributed by atoms with Crippen LogP contribution >= 0.6 is 0 Å². The fourth-order valence-electron chi connectivity index (χ4n) is 1.94. The molecule has 0 bridgehead atoms. The minimum atomic E-state index is -1.56. The Morgan fingerprint density at radius 2 is 1.82 bits per heavy atom.